The molecule has 0 fully saturated rings. The lowest BCUT2D eigenvalue weighted by atomic mass is 9.80. The van der Waals surface area contributed by atoms with Crippen molar-refractivity contribution < 1.29 is 14.0 Å². The molecular formula is C30H23ClN2O3. The maximum Gasteiger partial charge on any atom is 0.259 e. The topological polar surface area (TPSA) is 62.6 Å². The van der Waals surface area contributed by atoms with Gasteiger partial charge in [0.1, 0.15) is 5.76 Å². The molecule has 0 saturated carbocycles. The Kier molecular flexibility index (Phi) is 5.70. The summed E-state index contributed by atoms with van der Waals surface area (Å²) in [6, 6.07) is 27.5. The third-order valence-corrected chi connectivity index (χ3v) is 7.11. The van der Waals surface area contributed by atoms with E-state index >= 15 is 0 Å². The zero-order chi connectivity index (χ0) is 24.6. The van der Waals surface area contributed by atoms with E-state index in [9.17, 15) is 9.59 Å². The fourth-order valence-corrected chi connectivity index (χ4v) is 5.35. The van der Waals surface area contributed by atoms with Crippen LogP contribution in [-0.4, -0.2) is 11.7 Å². The van der Waals surface area contributed by atoms with Gasteiger partial charge in [-0.25, -0.2) is 0 Å². The largest absolute Gasteiger partial charge is 0.469 e. The van der Waals surface area contributed by atoms with Crippen molar-refractivity contribution in [2.75, 3.05) is 10.2 Å². The number of nitrogens with zero attached hydrogens (tertiary/aromatic N) is 1. The molecule has 0 bridgehead atoms. The van der Waals surface area contributed by atoms with Crippen LogP contribution in [0.1, 0.15) is 46.5 Å². The smallest absolute Gasteiger partial charge is 0.259 e. The number of para-hydroxylation sites is 2. The maximum absolute atomic E-state index is 14.1. The summed E-state index contributed by atoms with van der Waals surface area (Å²) in [5, 5.41) is 4.09. The normalized spacial score (nSPS) is 19.2. The number of nitrogens with one attached hydrogen (secondary N) is 1. The van der Waals surface area contributed by atoms with E-state index in [1.807, 2.05) is 66.7 Å². The number of carbonyl (C=O) groups is 2. The average Bonchev–Trinajstić information content (AvgIpc) is 3.39. The summed E-state index contributed by atoms with van der Waals surface area (Å²) in [6.45, 7) is 0. The van der Waals surface area contributed by atoms with Crippen LogP contribution in [0.4, 0.5) is 11.4 Å². The second kappa shape index (κ2) is 9.17. The molecule has 5 nitrogen and oxygen atoms in total. The van der Waals surface area contributed by atoms with E-state index in [0.29, 0.717) is 34.7 Å². The molecule has 1 aliphatic carbocycles. The van der Waals surface area contributed by atoms with Gasteiger partial charge in [0.2, 0.25) is 0 Å². The molecule has 0 saturated heterocycles. The number of rotatable bonds is 3. The van der Waals surface area contributed by atoms with Gasteiger partial charge in [-0.05, 0) is 60.5 Å². The Morgan fingerprint density at radius 3 is 2.39 bits per heavy atom. The van der Waals surface area contributed by atoms with Gasteiger partial charge in [-0.1, -0.05) is 54.1 Å². The van der Waals surface area contributed by atoms with Gasteiger partial charge < -0.3 is 9.73 Å². The van der Waals surface area contributed by atoms with Crippen LogP contribution in [0.2, 0.25) is 5.02 Å². The van der Waals surface area contributed by atoms with Crippen molar-refractivity contribution in [1.29, 1.82) is 0 Å². The van der Waals surface area contributed by atoms with Crippen LogP contribution in [0.25, 0.3) is 0 Å². The molecule has 0 radical (unpaired) electrons. The minimum atomic E-state index is -0.592. The summed E-state index contributed by atoms with van der Waals surface area (Å²) in [6.07, 6.45) is 2.56. The van der Waals surface area contributed by atoms with Crippen molar-refractivity contribution >= 4 is 34.7 Å². The molecule has 2 heterocycles. The lowest BCUT2D eigenvalue weighted by molar-refractivity contribution is -0.116. The number of ketones is 1. The molecule has 1 aliphatic heterocycles. The number of allylic oxidation sites excluding steroid dienone is 1. The Balaban J connectivity index is 1.56. The number of Topliss-reactive ketones (excluding diaryl/α,β-unsaturated/α-hetero) is 1. The highest BCUT2D eigenvalue weighted by Crippen LogP contribution is 2.47. The number of benzene rings is 3. The van der Waals surface area contributed by atoms with E-state index in [0.717, 1.165) is 22.7 Å². The maximum atomic E-state index is 14.1. The zero-order valence-corrected chi connectivity index (χ0v) is 20.1. The van der Waals surface area contributed by atoms with Gasteiger partial charge >= 0.3 is 0 Å². The number of carbonyl (C=O) groups excluding carboxylic acids is 2. The number of halogens is 1. The van der Waals surface area contributed by atoms with E-state index in [2.05, 4.69) is 5.32 Å². The molecule has 36 heavy (non-hydrogen) atoms. The van der Waals surface area contributed by atoms with E-state index in [4.69, 9.17) is 16.0 Å². The Morgan fingerprint density at radius 1 is 0.889 bits per heavy atom. The quantitative estimate of drug-likeness (QED) is 0.328. The van der Waals surface area contributed by atoms with Gasteiger partial charge in [-0.3, -0.25) is 14.5 Å². The number of fused-ring (bicyclic) bond motifs is 1. The summed E-state index contributed by atoms with van der Waals surface area (Å²) in [4.78, 5) is 29.8. The van der Waals surface area contributed by atoms with E-state index in [1.165, 1.54) is 0 Å². The third-order valence-electron chi connectivity index (χ3n) is 6.86. The number of hydrogen-bond acceptors (Lipinski definition) is 4. The minimum absolute atomic E-state index is 0.000662. The van der Waals surface area contributed by atoms with Crippen LogP contribution < -0.4 is 10.2 Å². The van der Waals surface area contributed by atoms with Crippen molar-refractivity contribution in [2.45, 2.75) is 24.8 Å². The van der Waals surface area contributed by atoms with Crippen LogP contribution in [0.3, 0.4) is 0 Å². The van der Waals surface area contributed by atoms with Crippen LogP contribution in [0.15, 0.2) is 113 Å². The number of amides is 1. The first kappa shape index (κ1) is 22.4. The third kappa shape index (κ3) is 3.91. The summed E-state index contributed by atoms with van der Waals surface area (Å²) >= 11 is 6.11. The minimum Gasteiger partial charge on any atom is -0.469 e. The van der Waals surface area contributed by atoms with Crippen LogP contribution in [-0.2, 0) is 4.79 Å². The first-order valence-electron chi connectivity index (χ1n) is 11.9. The molecule has 2 atom stereocenters. The van der Waals surface area contributed by atoms with Crippen molar-refractivity contribution in [3.05, 3.63) is 130 Å². The van der Waals surface area contributed by atoms with Crippen LogP contribution >= 0.6 is 11.6 Å². The lowest BCUT2D eigenvalue weighted by Crippen LogP contribution is -2.38. The van der Waals surface area contributed by atoms with Gasteiger partial charge in [-0.15, -0.1) is 0 Å². The highest BCUT2D eigenvalue weighted by molar-refractivity contribution is 6.30. The molecule has 178 valence electrons. The second-order valence-corrected chi connectivity index (χ2v) is 9.51. The Hall–Kier alpha value is -4.09. The zero-order valence-electron chi connectivity index (χ0n) is 19.4. The van der Waals surface area contributed by atoms with E-state index < -0.39 is 6.04 Å². The van der Waals surface area contributed by atoms with Crippen molar-refractivity contribution in [1.82, 2.24) is 0 Å². The SMILES string of the molecule is O=C1C[C@H](c2ccco2)CC2=C1[C@@H](c1ccccc1)N(C(=O)c1ccc(Cl)cc1)c1ccccc1N2. The molecule has 0 spiro atoms. The molecule has 1 N–H and O–H groups in total. The van der Waals surface area contributed by atoms with Gasteiger partial charge in [0.15, 0.2) is 5.78 Å². The average molecular weight is 495 g/mol. The second-order valence-electron chi connectivity index (χ2n) is 9.07. The fourth-order valence-electron chi connectivity index (χ4n) is 5.22. The molecule has 4 aromatic rings. The highest BCUT2D eigenvalue weighted by Gasteiger charge is 2.42. The fraction of sp³-hybridized carbons (Fsp3) is 0.133. The molecule has 6 rings (SSSR count). The molecule has 1 amide bonds. The Bertz CT molecular complexity index is 1460. The number of hydrogen-bond donors (Lipinski definition) is 1. The van der Waals surface area contributed by atoms with Crippen LogP contribution in [0, 0.1) is 0 Å². The summed E-state index contributed by atoms with van der Waals surface area (Å²) in [5.74, 6) is 0.519. The first-order chi connectivity index (χ1) is 17.6. The molecule has 3 aromatic carbocycles. The summed E-state index contributed by atoms with van der Waals surface area (Å²) in [7, 11) is 0. The standard InChI is InChI=1S/C30H23ClN2O3/c31-22-14-12-20(13-15-22)30(35)33-25-10-5-4-9-23(25)32-24-17-21(27-11-6-16-36-27)18-26(34)28(24)29(33)19-7-2-1-3-8-19/h1-16,21,29,32H,17-18H2/t21-,29-/m1/s1. The molecule has 1 aromatic heterocycles. The van der Waals surface area contributed by atoms with Gasteiger partial charge in [0, 0.05) is 34.2 Å². The van der Waals surface area contributed by atoms with Crippen molar-refractivity contribution in [3.8, 4) is 0 Å². The summed E-state index contributed by atoms with van der Waals surface area (Å²) < 4.78 is 5.66. The monoisotopic (exact) mass is 494 g/mol. The predicted molar refractivity (Wildman–Crippen MR) is 140 cm³/mol. The summed E-state index contributed by atoms with van der Waals surface area (Å²) in [5.41, 5.74) is 4.29. The predicted octanol–water partition coefficient (Wildman–Crippen LogP) is 7.15. The lowest BCUT2D eigenvalue weighted by Gasteiger charge is -2.35. The highest BCUT2D eigenvalue weighted by atomic mass is 35.5. The van der Waals surface area contributed by atoms with Crippen molar-refractivity contribution in [2.24, 2.45) is 0 Å². The van der Waals surface area contributed by atoms with Gasteiger partial charge in [-0.2, -0.15) is 0 Å². The van der Waals surface area contributed by atoms with Gasteiger partial charge in [0.25, 0.3) is 5.91 Å². The Labute approximate surface area is 214 Å². The molecule has 0 unspecified atom stereocenters. The van der Waals surface area contributed by atoms with E-state index in [1.54, 1.807) is 35.4 Å². The first-order valence-corrected chi connectivity index (χ1v) is 12.3. The van der Waals surface area contributed by atoms with Crippen molar-refractivity contribution in [3.63, 3.8) is 0 Å². The number of anilines is 2. The van der Waals surface area contributed by atoms with Gasteiger partial charge in [0.05, 0.1) is 23.7 Å². The molecule has 2 aliphatic rings. The van der Waals surface area contributed by atoms with Crippen LogP contribution in [0.5, 0.6) is 0 Å². The van der Waals surface area contributed by atoms with E-state index in [-0.39, 0.29) is 17.6 Å². The number of furan rings is 1. The molecule has 6 heteroatoms. The Morgan fingerprint density at radius 2 is 1.64 bits per heavy atom. The molecular weight excluding hydrogens is 472 g/mol.